The van der Waals surface area contributed by atoms with E-state index in [1.165, 1.54) is 59.8 Å². The first-order valence-corrected chi connectivity index (χ1v) is 13.7. The summed E-state index contributed by atoms with van der Waals surface area (Å²) in [6, 6.07) is 45.9. The van der Waals surface area contributed by atoms with Crippen LogP contribution in [0.4, 0.5) is 0 Å². The van der Waals surface area contributed by atoms with E-state index in [1.54, 1.807) is 0 Å². The summed E-state index contributed by atoms with van der Waals surface area (Å²) in [5.74, 6) is 0. The molecule has 3 heterocycles. The molecule has 0 aliphatic rings. The first-order valence-electron chi connectivity index (χ1n) is 13.7. The predicted octanol–water partition coefficient (Wildman–Crippen LogP) is 9.58. The third-order valence-electron chi connectivity index (χ3n) is 8.35. The van der Waals surface area contributed by atoms with Crippen molar-refractivity contribution in [3.63, 3.8) is 0 Å². The van der Waals surface area contributed by atoms with Gasteiger partial charge in [-0.2, -0.15) is 0 Å². The van der Waals surface area contributed by atoms with Gasteiger partial charge < -0.3 is 9.13 Å². The summed E-state index contributed by atoms with van der Waals surface area (Å²) in [5.41, 5.74) is 7.18. The summed E-state index contributed by atoms with van der Waals surface area (Å²) in [6.07, 6.45) is 3.86. The average Bonchev–Trinajstić information content (AvgIpc) is 3.55. The van der Waals surface area contributed by atoms with Gasteiger partial charge in [0.2, 0.25) is 0 Å². The predicted molar refractivity (Wildman–Crippen MR) is 168 cm³/mol. The van der Waals surface area contributed by atoms with E-state index in [0.29, 0.717) is 0 Å². The second-order valence-corrected chi connectivity index (χ2v) is 10.4. The number of fused-ring (bicyclic) bond motifs is 11. The molecule has 9 rings (SSSR count). The molecule has 40 heavy (non-hydrogen) atoms. The zero-order valence-electron chi connectivity index (χ0n) is 21.6. The molecule has 0 amide bonds. The van der Waals surface area contributed by atoms with Crippen LogP contribution < -0.4 is 0 Å². The normalized spacial score (nSPS) is 12.0. The Labute approximate surface area is 230 Å². The number of benzene rings is 6. The van der Waals surface area contributed by atoms with Crippen LogP contribution in [-0.4, -0.2) is 14.1 Å². The smallest absolute Gasteiger partial charge is 0.0647 e. The lowest BCUT2D eigenvalue weighted by Crippen LogP contribution is -1.97. The lowest BCUT2D eigenvalue weighted by atomic mass is 9.99. The SMILES string of the molecule is c1ccc(-n2c3ccccc3c3c4ccccc4c4c(c5ccccc5n4-c4cccc5ccncc45)c32)cc1. The molecule has 9 aromatic rings. The molecule has 0 saturated heterocycles. The second kappa shape index (κ2) is 8.05. The molecule has 0 N–H and O–H groups in total. The zero-order valence-corrected chi connectivity index (χ0v) is 21.6. The Bertz CT molecular complexity index is 2420. The van der Waals surface area contributed by atoms with Crippen molar-refractivity contribution >= 4 is 65.2 Å². The van der Waals surface area contributed by atoms with Crippen LogP contribution in [0.2, 0.25) is 0 Å². The number of hydrogen-bond donors (Lipinski definition) is 0. The van der Waals surface area contributed by atoms with E-state index >= 15 is 0 Å². The fourth-order valence-electron chi connectivity index (χ4n) is 6.78. The van der Waals surface area contributed by atoms with Crippen LogP contribution >= 0.6 is 0 Å². The van der Waals surface area contributed by atoms with Gasteiger partial charge in [0.05, 0.1) is 27.8 Å². The van der Waals surface area contributed by atoms with Crippen LogP contribution in [0.5, 0.6) is 0 Å². The number of para-hydroxylation sites is 3. The van der Waals surface area contributed by atoms with E-state index in [9.17, 15) is 0 Å². The number of pyridine rings is 1. The van der Waals surface area contributed by atoms with Gasteiger partial charge in [-0.05, 0) is 47.2 Å². The van der Waals surface area contributed by atoms with Crippen molar-refractivity contribution in [2.24, 2.45) is 0 Å². The van der Waals surface area contributed by atoms with Crippen LogP contribution in [-0.2, 0) is 0 Å². The van der Waals surface area contributed by atoms with E-state index in [2.05, 4.69) is 142 Å². The summed E-state index contributed by atoms with van der Waals surface area (Å²) < 4.78 is 4.92. The minimum absolute atomic E-state index is 1.14. The minimum atomic E-state index is 1.14. The van der Waals surface area contributed by atoms with Gasteiger partial charge in [0.15, 0.2) is 0 Å². The lowest BCUT2D eigenvalue weighted by Gasteiger charge is -2.14. The molecule has 186 valence electrons. The third-order valence-corrected chi connectivity index (χ3v) is 8.35. The summed E-state index contributed by atoms with van der Waals surface area (Å²) in [5, 5.41) is 9.91. The van der Waals surface area contributed by atoms with Crippen molar-refractivity contribution in [3.05, 3.63) is 140 Å². The van der Waals surface area contributed by atoms with E-state index in [-0.39, 0.29) is 0 Å². The third kappa shape index (κ3) is 2.76. The van der Waals surface area contributed by atoms with E-state index in [4.69, 9.17) is 0 Å². The largest absolute Gasteiger partial charge is 0.309 e. The molecular weight excluding hydrogens is 486 g/mol. The molecule has 0 bridgehead atoms. The quantitative estimate of drug-likeness (QED) is 0.227. The molecule has 3 aromatic heterocycles. The van der Waals surface area contributed by atoms with Gasteiger partial charge in [0.1, 0.15) is 0 Å². The summed E-state index contributed by atoms with van der Waals surface area (Å²) in [4.78, 5) is 4.52. The highest BCUT2D eigenvalue weighted by atomic mass is 15.0. The molecule has 0 aliphatic heterocycles. The van der Waals surface area contributed by atoms with Crippen molar-refractivity contribution in [2.45, 2.75) is 0 Å². The van der Waals surface area contributed by atoms with Crippen LogP contribution in [0, 0.1) is 0 Å². The van der Waals surface area contributed by atoms with Gasteiger partial charge >= 0.3 is 0 Å². The molecule has 3 heteroatoms. The fourth-order valence-corrected chi connectivity index (χ4v) is 6.78. The van der Waals surface area contributed by atoms with Crippen LogP contribution in [0.25, 0.3) is 76.5 Å². The van der Waals surface area contributed by atoms with Crippen molar-refractivity contribution in [3.8, 4) is 11.4 Å². The van der Waals surface area contributed by atoms with Gasteiger partial charge in [-0.15, -0.1) is 0 Å². The Hall–Kier alpha value is -5.41. The van der Waals surface area contributed by atoms with Crippen LogP contribution in [0.1, 0.15) is 0 Å². The van der Waals surface area contributed by atoms with Gasteiger partial charge in [-0.25, -0.2) is 0 Å². The molecule has 0 saturated carbocycles. The van der Waals surface area contributed by atoms with Crippen LogP contribution in [0.15, 0.2) is 140 Å². The molecule has 6 aromatic carbocycles. The van der Waals surface area contributed by atoms with Gasteiger partial charge in [-0.3, -0.25) is 4.98 Å². The Morgan fingerprint density at radius 1 is 0.425 bits per heavy atom. The Morgan fingerprint density at radius 2 is 1.07 bits per heavy atom. The first-order chi connectivity index (χ1) is 19.9. The second-order valence-electron chi connectivity index (χ2n) is 10.4. The Balaban J connectivity index is 1.64. The minimum Gasteiger partial charge on any atom is -0.309 e. The molecule has 0 aliphatic carbocycles. The van der Waals surface area contributed by atoms with Gasteiger partial charge in [0, 0.05) is 50.4 Å². The summed E-state index contributed by atoms with van der Waals surface area (Å²) in [7, 11) is 0. The van der Waals surface area contributed by atoms with Gasteiger partial charge in [0.25, 0.3) is 0 Å². The molecule has 3 nitrogen and oxygen atoms in total. The highest BCUT2D eigenvalue weighted by Crippen LogP contribution is 2.47. The maximum atomic E-state index is 4.52. The maximum absolute atomic E-state index is 4.52. The van der Waals surface area contributed by atoms with Crippen molar-refractivity contribution in [1.82, 2.24) is 14.1 Å². The summed E-state index contributed by atoms with van der Waals surface area (Å²) >= 11 is 0. The molecule has 0 atom stereocenters. The molecule has 0 radical (unpaired) electrons. The van der Waals surface area contributed by atoms with Gasteiger partial charge in [-0.1, -0.05) is 91.0 Å². The molecule has 0 unspecified atom stereocenters. The highest BCUT2D eigenvalue weighted by molar-refractivity contribution is 6.36. The number of nitrogens with zero attached hydrogens (tertiary/aromatic N) is 3. The molecule has 0 spiro atoms. The van der Waals surface area contributed by atoms with Crippen molar-refractivity contribution in [1.29, 1.82) is 0 Å². The topological polar surface area (TPSA) is 22.8 Å². The maximum Gasteiger partial charge on any atom is 0.0647 e. The van der Waals surface area contributed by atoms with E-state index in [0.717, 1.165) is 16.8 Å². The average molecular weight is 510 g/mol. The Kier molecular flexibility index (Phi) is 4.33. The van der Waals surface area contributed by atoms with E-state index < -0.39 is 0 Å². The van der Waals surface area contributed by atoms with Crippen molar-refractivity contribution in [2.75, 3.05) is 0 Å². The number of rotatable bonds is 2. The zero-order chi connectivity index (χ0) is 26.2. The fraction of sp³-hybridized carbons (Fsp3) is 0. The standard InChI is InChI=1S/C37H23N3/c1-2-12-25(13-3-1)39-31-18-8-6-16-28(31)34-26-14-4-5-15-27(26)36-35(37(34)39)29-17-7-9-19-32(29)40(36)33-20-10-11-24-21-22-38-23-30(24)33/h1-23H. The monoisotopic (exact) mass is 509 g/mol. The Morgan fingerprint density at radius 3 is 1.88 bits per heavy atom. The highest BCUT2D eigenvalue weighted by Gasteiger charge is 2.24. The molecular formula is C37H23N3. The summed E-state index contributed by atoms with van der Waals surface area (Å²) in [6.45, 7) is 0. The lowest BCUT2D eigenvalue weighted by molar-refractivity contribution is 1.18. The first kappa shape index (κ1) is 21.5. The van der Waals surface area contributed by atoms with Crippen molar-refractivity contribution < 1.29 is 0 Å². The van der Waals surface area contributed by atoms with E-state index in [1.807, 2.05) is 12.4 Å². The van der Waals surface area contributed by atoms with Crippen LogP contribution in [0.3, 0.4) is 0 Å². The number of hydrogen-bond acceptors (Lipinski definition) is 1. The number of aromatic nitrogens is 3. The molecule has 0 fully saturated rings.